The van der Waals surface area contributed by atoms with Crippen molar-refractivity contribution in [2.75, 3.05) is 26.8 Å². The van der Waals surface area contributed by atoms with Gasteiger partial charge in [-0.25, -0.2) is 0 Å². The molecule has 1 rings (SSSR count). The number of nitrogens with two attached hydrogens (primary N) is 1. The molecule has 1 aliphatic carbocycles. The summed E-state index contributed by atoms with van der Waals surface area (Å²) in [5.74, 6) is 0.699. The van der Waals surface area contributed by atoms with E-state index in [-0.39, 0.29) is 5.54 Å². The number of likely N-dealkylation sites (N-methyl/N-ethyl adjacent to an activating group) is 1. The van der Waals surface area contributed by atoms with Gasteiger partial charge >= 0.3 is 0 Å². The van der Waals surface area contributed by atoms with Crippen LogP contribution in [0.2, 0.25) is 0 Å². The van der Waals surface area contributed by atoms with E-state index in [2.05, 4.69) is 12.2 Å². The number of hydrogen-bond acceptors (Lipinski definition) is 3. The largest absolute Gasteiger partial charge is 0.381 e. The van der Waals surface area contributed by atoms with Crippen LogP contribution in [0.4, 0.5) is 0 Å². The lowest BCUT2D eigenvalue weighted by Gasteiger charge is -2.44. The second kappa shape index (κ2) is 5.69. The van der Waals surface area contributed by atoms with Crippen LogP contribution in [0.15, 0.2) is 0 Å². The van der Waals surface area contributed by atoms with Crippen LogP contribution in [0.25, 0.3) is 0 Å². The van der Waals surface area contributed by atoms with Crippen molar-refractivity contribution in [1.82, 2.24) is 5.32 Å². The molecule has 3 heteroatoms. The maximum atomic E-state index is 6.12. The number of nitrogens with one attached hydrogen (secondary N) is 1. The zero-order chi connectivity index (χ0) is 10.4. The van der Waals surface area contributed by atoms with Crippen molar-refractivity contribution < 1.29 is 4.74 Å². The van der Waals surface area contributed by atoms with E-state index >= 15 is 0 Å². The van der Waals surface area contributed by atoms with Crippen LogP contribution in [-0.2, 0) is 4.74 Å². The minimum atomic E-state index is 0.0491. The van der Waals surface area contributed by atoms with Crippen LogP contribution in [0.3, 0.4) is 0 Å². The fraction of sp³-hybridized carbons (Fsp3) is 1.00. The van der Waals surface area contributed by atoms with Crippen molar-refractivity contribution in [2.45, 2.75) is 38.1 Å². The van der Waals surface area contributed by atoms with Gasteiger partial charge in [-0.15, -0.1) is 0 Å². The average molecular weight is 200 g/mol. The maximum absolute atomic E-state index is 6.12. The van der Waals surface area contributed by atoms with Gasteiger partial charge in [0, 0.05) is 25.3 Å². The molecule has 0 aromatic carbocycles. The van der Waals surface area contributed by atoms with Crippen molar-refractivity contribution in [3.8, 4) is 0 Å². The number of rotatable bonds is 7. The molecule has 1 fully saturated rings. The van der Waals surface area contributed by atoms with Crippen molar-refractivity contribution in [3.05, 3.63) is 0 Å². The lowest BCUT2D eigenvalue weighted by atomic mass is 9.69. The van der Waals surface area contributed by atoms with Gasteiger partial charge in [0.2, 0.25) is 0 Å². The highest BCUT2D eigenvalue weighted by Gasteiger charge is 2.40. The molecule has 14 heavy (non-hydrogen) atoms. The average Bonchev–Trinajstić information content (AvgIpc) is 2.10. The molecular weight excluding hydrogens is 176 g/mol. The fourth-order valence-corrected chi connectivity index (χ4v) is 2.20. The van der Waals surface area contributed by atoms with Gasteiger partial charge in [-0.3, -0.25) is 0 Å². The second-order valence-electron chi connectivity index (χ2n) is 4.60. The zero-order valence-electron chi connectivity index (χ0n) is 9.51. The van der Waals surface area contributed by atoms with Gasteiger partial charge in [-0.1, -0.05) is 13.3 Å². The molecule has 0 bridgehead atoms. The first kappa shape index (κ1) is 12.0. The number of unbranched alkanes of at least 4 members (excludes halogenated alkanes) is 1. The van der Waals surface area contributed by atoms with E-state index < -0.39 is 0 Å². The molecule has 0 amide bonds. The minimum Gasteiger partial charge on any atom is -0.381 e. The summed E-state index contributed by atoms with van der Waals surface area (Å²) in [6.45, 7) is 4.93. The summed E-state index contributed by atoms with van der Waals surface area (Å²) >= 11 is 0. The van der Waals surface area contributed by atoms with Gasteiger partial charge in [0.05, 0.1) is 0 Å². The summed E-state index contributed by atoms with van der Waals surface area (Å²) in [6, 6.07) is 0. The molecule has 0 aliphatic heterocycles. The Morgan fingerprint density at radius 3 is 2.79 bits per heavy atom. The van der Waals surface area contributed by atoms with Gasteiger partial charge in [-0.05, 0) is 32.2 Å². The summed E-state index contributed by atoms with van der Waals surface area (Å²) in [5, 5.41) is 3.14. The van der Waals surface area contributed by atoms with Crippen molar-refractivity contribution in [2.24, 2.45) is 11.7 Å². The molecule has 1 aliphatic rings. The molecule has 0 atom stereocenters. The van der Waals surface area contributed by atoms with Crippen LogP contribution in [-0.4, -0.2) is 32.3 Å². The summed E-state index contributed by atoms with van der Waals surface area (Å²) < 4.78 is 5.57. The first-order valence-corrected chi connectivity index (χ1v) is 5.71. The first-order chi connectivity index (χ1) is 6.70. The van der Waals surface area contributed by atoms with Crippen LogP contribution >= 0.6 is 0 Å². The lowest BCUT2D eigenvalue weighted by molar-refractivity contribution is 0.0300. The van der Waals surface area contributed by atoms with Gasteiger partial charge in [0.15, 0.2) is 0 Å². The maximum Gasteiger partial charge on any atom is 0.0495 e. The Kier molecular flexibility index (Phi) is 4.85. The molecule has 0 heterocycles. The predicted molar refractivity (Wildman–Crippen MR) is 59.3 cm³/mol. The molecule has 0 spiro atoms. The Hall–Kier alpha value is -0.120. The highest BCUT2D eigenvalue weighted by atomic mass is 16.5. The van der Waals surface area contributed by atoms with E-state index in [9.17, 15) is 0 Å². The Morgan fingerprint density at radius 1 is 1.50 bits per heavy atom. The van der Waals surface area contributed by atoms with E-state index in [0.717, 1.165) is 32.6 Å². The lowest BCUT2D eigenvalue weighted by Crippen LogP contribution is -2.58. The molecule has 0 saturated heterocycles. The molecule has 0 aromatic rings. The summed E-state index contributed by atoms with van der Waals surface area (Å²) in [7, 11) is 1.96. The quantitative estimate of drug-likeness (QED) is 0.606. The molecule has 3 nitrogen and oxygen atoms in total. The third-order valence-electron chi connectivity index (χ3n) is 2.92. The van der Waals surface area contributed by atoms with Crippen LogP contribution in [0.5, 0.6) is 0 Å². The molecule has 0 radical (unpaired) electrons. The van der Waals surface area contributed by atoms with Gasteiger partial charge < -0.3 is 15.8 Å². The number of hydrogen-bond donors (Lipinski definition) is 2. The Morgan fingerprint density at radius 2 is 2.21 bits per heavy atom. The Bertz CT molecular complexity index is 155. The van der Waals surface area contributed by atoms with E-state index in [4.69, 9.17) is 10.5 Å². The third kappa shape index (κ3) is 3.56. The monoisotopic (exact) mass is 200 g/mol. The molecular formula is C11H24N2O. The van der Waals surface area contributed by atoms with E-state index in [1.807, 2.05) is 7.05 Å². The molecule has 84 valence electrons. The minimum absolute atomic E-state index is 0.0491. The van der Waals surface area contributed by atoms with Crippen LogP contribution in [0, 0.1) is 5.92 Å². The SMILES string of the molecule is CCCCOCC1CC(N)(CNC)C1. The normalized spacial score (nSPS) is 31.5. The van der Waals surface area contributed by atoms with Crippen LogP contribution < -0.4 is 11.1 Å². The van der Waals surface area contributed by atoms with E-state index in [1.54, 1.807) is 0 Å². The Balaban J connectivity index is 1.98. The van der Waals surface area contributed by atoms with Gasteiger partial charge in [0.25, 0.3) is 0 Å². The topological polar surface area (TPSA) is 47.3 Å². The van der Waals surface area contributed by atoms with Crippen LogP contribution in [0.1, 0.15) is 32.6 Å². The predicted octanol–water partition coefficient (Wildman–Crippen LogP) is 1.13. The third-order valence-corrected chi connectivity index (χ3v) is 2.92. The molecule has 0 aromatic heterocycles. The van der Waals surface area contributed by atoms with Gasteiger partial charge in [0.1, 0.15) is 0 Å². The molecule has 0 unspecified atom stereocenters. The number of ether oxygens (including phenoxy) is 1. The fourth-order valence-electron chi connectivity index (χ4n) is 2.20. The standard InChI is InChI=1S/C11H24N2O/c1-3-4-5-14-8-10-6-11(12,7-10)9-13-2/h10,13H,3-9,12H2,1-2H3. The highest BCUT2D eigenvalue weighted by Crippen LogP contribution is 2.35. The summed E-state index contributed by atoms with van der Waals surface area (Å²) in [6.07, 6.45) is 4.61. The Labute approximate surface area is 87.4 Å². The molecule has 3 N–H and O–H groups in total. The van der Waals surface area contributed by atoms with Crippen molar-refractivity contribution in [3.63, 3.8) is 0 Å². The highest BCUT2D eigenvalue weighted by molar-refractivity contribution is 4.99. The second-order valence-corrected chi connectivity index (χ2v) is 4.60. The smallest absolute Gasteiger partial charge is 0.0495 e. The van der Waals surface area contributed by atoms with E-state index in [0.29, 0.717) is 5.92 Å². The van der Waals surface area contributed by atoms with Crippen molar-refractivity contribution >= 4 is 0 Å². The van der Waals surface area contributed by atoms with Crippen molar-refractivity contribution in [1.29, 1.82) is 0 Å². The summed E-state index contributed by atoms with van der Waals surface area (Å²) in [5.41, 5.74) is 6.17. The van der Waals surface area contributed by atoms with E-state index in [1.165, 1.54) is 12.8 Å². The first-order valence-electron chi connectivity index (χ1n) is 5.71. The van der Waals surface area contributed by atoms with Gasteiger partial charge in [-0.2, -0.15) is 0 Å². The molecule has 1 saturated carbocycles. The summed E-state index contributed by atoms with van der Waals surface area (Å²) in [4.78, 5) is 0. The zero-order valence-corrected chi connectivity index (χ0v) is 9.51.